The number of nitrogens with zero attached hydrogens (tertiary/aromatic N) is 2. The summed E-state index contributed by atoms with van der Waals surface area (Å²) in [7, 11) is 0. The molecule has 0 aromatic carbocycles. The highest BCUT2D eigenvalue weighted by Gasteiger charge is 2.13. The maximum atomic E-state index is 2.43. The van der Waals surface area contributed by atoms with E-state index >= 15 is 0 Å². The lowest BCUT2D eigenvalue weighted by atomic mass is 10.5. The summed E-state index contributed by atoms with van der Waals surface area (Å²) in [6.07, 6.45) is 2.29. The molecule has 0 bridgehead atoms. The minimum Gasteiger partial charge on any atom is -0.249 e. The molecule has 0 saturated heterocycles. The van der Waals surface area contributed by atoms with E-state index in [1.807, 2.05) is 11.8 Å². The van der Waals surface area contributed by atoms with E-state index in [2.05, 4.69) is 29.5 Å². The zero-order chi connectivity index (χ0) is 8.10. The molecule has 0 saturated carbocycles. The minimum absolute atomic E-state index is 1.11. The fourth-order valence-corrected chi connectivity index (χ4v) is 2.00. The van der Waals surface area contributed by atoms with Crippen molar-refractivity contribution in [3.63, 3.8) is 0 Å². The van der Waals surface area contributed by atoms with E-state index in [1.54, 1.807) is 0 Å². The molecule has 1 aliphatic heterocycles. The molecule has 0 aromatic rings. The Bertz CT molecular complexity index is 141. The van der Waals surface area contributed by atoms with Crippen LogP contribution in [0.1, 0.15) is 13.8 Å². The summed E-state index contributed by atoms with van der Waals surface area (Å²) in [6, 6.07) is 0. The molecule has 11 heavy (non-hydrogen) atoms. The van der Waals surface area contributed by atoms with Crippen molar-refractivity contribution in [3.05, 3.63) is 0 Å². The van der Waals surface area contributed by atoms with Gasteiger partial charge in [0, 0.05) is 13.1 Å². The highest BCUT2D eigenvalue weighted by molar-refractivity contribution is 7.99. The molecule has 3 heteroatoms. The molecule has 0 aliphatic carbocycles. The van der Waals surface area contributed by atoms with Crippen LogP contribution in [0.5, 0.6) is 0 Å². The van der Waals surface area contributed by atoms with Gasteiger partial charge in [0.15, 0.2) is 18.8 Å². The van der Waals surface area contributed by atoms with Gasteiger partial charge in [0.2, 0.25) is 0 Å². The van der Waals surface area contributed by atoms with Gasteiger partial charge in [0.1, 0.15) is 0 Å². The number of hydrogen-bond donors (Lipinski definition) is 0. The molecule has 1 heterocycles. The molecule has 2 nitrogen and oxygen atoms in total. The van der Waals surface area contributed by atoms with Crippen LogP contribution in [0, 0.1) is 0 Å². The summed E-state index contributed by atoms with van der Waals surface area (Å²) in [5.41, 5.74) is 0. The molecule has 1 aliphatic rings. The van der Waals surface area contributed by atoms with Gasteiger partial charge in [-0.15, -0.1) is 0 Å². The maximum Gasteiger partial charge on any atom is 0.199 e. The fourth-order valence-electron chi connectivity index (χ4n) is 1.16. The largest absolute Gasteiger partial charge is 0.249 e. The van der Waals surface area contributed by atoms with E-state index in [-0.39, 0.29) is 0 Å². The second-order valence-electron chi connectivity index (χ2n) is 2.72. The SMILES string of the molecule is CCN(CC)C[N+]1=CCSC1. The Morgan fingerprint density at radius 3 is 2.64 bits per heavy atom. The molecule has 64 valence electrons. The maximum absolute atomic E-state index is 2.43. The van der Waals surface area contributed by atoms with Gasteiger partial charge in [0.05, 0.1) is 5.75 Å². The molecule has 0 spiro atoms. The van der Waals surface area contributed by atoms with Gasteiger partial charge < -0.3 is 0 Å². The van der Waals surface area contributed by atoms with Crippen molar-refractivity contribution in [2.24, 2.45) is 0 Å². The average Bonchev–Trinajstić information content (AvgIpc) is 2.52. The Hall–Kier alpha value is -0.0200. The second-order valence-corrected chi connectivity index (χ2v) is 3.72. The van der Waals surface area contributed by atoms with Crippen molar-refractivity contribution >= 4 is 18.0 Å². The van der Waals surface area contributed by atoms with Gasteiger partial charge >= 0.3 is 0 Å². The third-order valence-corrected chi connectivity index (χ3v) is 2.88. The monoisotopic (exact) mass is 173 g/mol. The minimum atomic E-state index is 1.11. The van der Waals surface area contributed by atoms with Crippen LogP contribution in [0.25, 0.3) is 0 Å². The number of hydrogen-bond acceptors (Lipinski definition) is 2. The molecule has 0 atom stereocenters. The van der Waals surface area contributed by atoms with E-state index in [0.717, 1.165) is 19.8 Å². The lowest BCUT2D eigenvalue weighted by Crippen LogP contribution is -2.31. The normalized spacial score (nSPS) is 17.5. The smallest absolute Gasteiger partial charge is 0.199 e. The predicted octanol–water partition coefficient (Wildman–Crippen LogP) is 1.07. The molecule has 1 rings (SSSR count). The predicted molar refractivity (Wildman–Crippen MR) is 51.4 cm³/mol. The van der Waals surface area contributed by atoms with Crippen molar-refractivity contribution in [1.82, 2.24) is 4.90 Å². The Morgan fingerprint density at radius 1 is 1.45 bits per heavy atom. The van der Waals surface area contributed by atoms with E-state index in [9.17, 15) is 0 Å². The molecule has 0 amide bonds. The average molecular weight is 173 g/mol. The zero-order valence-corrected chi connectivity index (χ0v) is 8.23. The summed E-state index contributed by atoms with van der Waals surface area (Å²) in [5.74, 6) is 2.37. The Balaban J connectivity index is 2.27. The van der Waals surface area contributed by atoms with Crippen LogP contribution in [-0.2, 0) is 0 Å². The first kappa shape index (κ1) is 9.07. The van der Waals surface area contributed by atoms with Crippen LogP contribution in [0.2, 0.25) is 0 Å². The summed E-state index contributed by atoms with van der Waals surface area (Å²) >= 11 is 1.99. The Morgan fingerprint density at radius 2 is 2.18 bits per heavy atom. The van der Waals surface area contributed by atoms with Crippen molar-refractivity contribution in [2.45, 2.75) is 13.8 Å². The highest BCUT2D eigenvalue weighted by atomic mass is 32.2. The first-order chi connectivity index (χ1) is 5.36. The van der Waals surface area contributed by atoms with Gasteiger partial charge in [0.25, 0.3) is 0 Å². The lowest BCUT2D eigenvalue weighted by molar-refractivity contribution is -0.522. The summed E-state index contributed by atoms with van der Waals surface area (Å²) in [4.78, 5) is 2.43. The third kappa shape index (κ3) is 2.83. The summed E-state index contributed by atoms with van der Waals surface area (Å²) in [6.45, 7) is 7.86. The van der Waals surface area contributed by atoms with Crippen LogP contribution in [0.15, 0.2) is 0 Å². The standard InChI is InChI=1S/C8H17N2S/c1-3-9(4-2)7-10-5-6-11-8-10/h5H,3-4,6-8H2,1-2H3/q+1. The summed E-state index contributed by atoms with van der Waals surface area (Å²) in [5, 5.41) is 0. The van der Waals surface area contributed by atoms with Crippen LogP contribution in [0.3, 0.4) is 0 Å². The number of rotatable bonds is 4. The van der Waals surface area contributed by atoms with Crippen molar-refractivity contribution in [2.75, 3.05) is 31.4 Å². The molecular weight excluding hydrogens is 156 g/mol. The first-order valence-corrected chi connectivity index (χ1v) is 5.39. The van der Waals surface area contributed by atoms with Crippen LogP contribution >= 0.6 is 11.8 Å². The molecular formula is C8H17N2S+. The van der Waals surface area contributed by atoms with Gasteiger partial charge in [-0.1, -0.05) is 25.6 Å². The first-order valence-electron chi connectivity index (χ1n) is 4.24. The lowest BCUT2D eigenvalue weighted by Gasteiger charge is -2.13. The number of thioether (sulfide) groups is 1. The van der Waals surface area contributed by atoms with E-state index in [1.165, 1.54) is 11.6 Å². The van der Waals surface area contributed by atoms with Crippen LogP contribution in [-0.4, -0.2) is 47.1 Å². The van der Waals surface area contributed by atoms with Crippen molar-refractivity contribution in [3.8, 4) is 0 Å². The molecule has 0 unspecified atom stereocenters. The van der Waals surface area contributed by atoms with Gasteiger partial charge in [-0.25, -0.2) is 9.48 Å². The topological polar surface area (TPSA) is 6.25 Å². The van der Waals surface area contributed by atoms with Crippen molar-refractivity contribution < 1.29 is 4.58 Å². The van der Waals surface area contributed by atoms with Crippen LogP contribution in [0.4, 0.5) is 0 Å². The van der Waals surface area contributed by atoms with Crippen molar-refractivity contribution in [1.29, 1.82) is 0 Å². The van der Waals surface area contributed by atoms with Crippen LogP contribution < -0.4 is 0 Å². The Labute approximate surface area is 73.3 Å². The quantitative estimate of drug-likeness (QED) is 0.587. The fraction of sp³-hybridized carbons (Fsp3) is 0.875. The second kappa shape index (κ2) is 4.78. The highest BCUT2D eigenvalue weighted by Crippen LogP contribution is 2.05. The molecule has 0 N–H and O–H groups in total. The van der Waals surface area contributed by atoms with E-state index in [0.29, 0.717) is 0 Å². The van der Waals surface area contributed by atoms with Gasteiger partial charge in [-0.05, 0) is 0 Å². The van der Waals surface area contributed by atoms with E-state index in [4.69, 9.17) is 0 Å². The van der Waals surface area contributed by atoms with Gasteiger partial charge in [-0.2, -0.15) is 0 Å². The Kier molecular flexibility index (Phi) is 3.94. The summed E-state index contributed by atoms with van der Waals surface area (Å²) < 4.78 is 2.39. The molecule has 0 radical (unpaired) electrons. The molecule has 0 aromatic heterocycles. The van der Waals surface area contributed by atoms with Gasteiger partial charge in [-0.3, -0.25) is 0 Å². The molecule has 0 fully saturated rings. The third-order valence-electron chi connectivity index (χ3n) is 1.98. The van der Waals surface area contributed by atoms with E-state index < -0.39 is 0 Å². The zero-order valence-electron chi connectivity index (χ0n) is 7.42.